The van der Waals surface area contributed by atoms with E-state index in [1.807, 2.05) is 36.4 Å². The number of halogens is 1. The van der Waals surface area contributed by atoms with Gasteiger partial charge < -0.3 is 15.1 Å². The summed E-state index contributed by atoms with van der Waals surface area (Å²) in [5.74, 6) is 0.945. The Hall–Kier alpha value is -3.13. The molecule has 1 saturated heterocycles. The number of benzene rings is 2. The van der Waals surface area contributed by atoms with E-state index in [-0.39, 0.29) is 11.7 Å². The van der Waals surface area contributed by atoms with E-state index in [4.69, 9.17) is 0 Å². The molecule has 8 heteroatoms. The molecule has 3 aromatic rings. The van der Waals surface area contributed by atoms with Crippen molar-refractivity contribution in [1.82, 2.24) is 15.3 Å². The summed E-state index contributed by atoms with van der Waals surface area (Å²) in [5.41, 5.74) is 1.85. The molecule has 1 aromatic heterocycles. The second-order valence-corrected chi connectivity index (χ2v) is 8.51. The molecule has 1 amide bonds. The Labute approximate surface area is 191 Å². The second-order valence-electron chi connectivity index (χ2n) is 7.51. The zero-order chi connectivity index (χ0) is 22.2. The summed E-state index contributed by atoms with van der Waals surface area (Å²) < 4.78 is 14.0. The zero-order valence-corrected chi connectivity index (χ0v) is 18.6. The molecule has 2 aromatic carbocycles. The van der Waals surface area contributed by atoms with Crippen molar-refractivity contribution in [3.05, 3.63) is 78.4 Å². The van der Waals surface area contributed by atoms with Gasteiger partial charge in [0.1, 0.15) is 23.0 Å². The number of aromatic nitrogens is 2. The predicted molar refractivity (Wildman–Crippen MR) is 127 cm³/mol. The van der Waals surface area contributed by atoms with E-state index in [2.05, 4.69) is 37.2 Å². The molecule has 1 N–H and O–H groups in total. The summed E-state index contributed by atoms with van der Waals surface area (Å²) in [5, 5.41) is 3.72. The van der Waals surface area contributed by atoms with E-state index in [0.717, 1.165) is 43.4 Å². The van der Waals surface area contributed by atoms with Gasteiger partial charge in [-0.2, -0.15) is 0 Å². The van der Waals surface area contributed by atoms with Gasteiger partial charge in [0.15, 0.2) is 0 Å². The first-order chi connectivity index (χ1) is 15.7. The van der Waals surface area contributed by atoms with E-state index in [9.17, 15) is 9.18 Å². The van der Waals surface area contributed by atoms with Gasteiger partial charge in [-0.3, -0.25) is 4.79 Å². The van der Waals surface area contributed by atoms with Crippen LogP contribution in [-0.4, -0.2) is 54.4 Å². The highest BCUT2D eigenvalue weighted by atomic mass is 32.2. The standard InChI is InChI=1S/C24H26FN5OS/c25-20-8-4-5-9-21(20)29-12-14-30(15-13-29)22-16-24(28-18-27-22)32-17-23(31)26-11-10-19-6-2-1-3-7-19/h1-9,16,18H,10-15,17H2,(H,26,31). The highest BCUT2D eigenvalue weighted by molar-refractivity contribution is 7.99. The van der Waals surface area contributed by atoms with Crippen LogP contribution >= 0.6 is 11.8 Å². The van der Waals surface area contributed by atoms with Crippen LogP contribution in [0.5, 0.6) is 0 Å². The maximum atomic E-state index is 14.0. The average molecular weight is 452 g/mol. The number of hydrogen-bond acceptors (Lipinski definition) is 6. The second kappa shape index (κ2) is 10.9. The monoisotopic (exact) mass is 451 g/mol. The van der Waals surface area contributed by atoms with Crippen molar-refractivity contribution in [2.45, 2.75) is 11.4 Å². The van der Waals surface area contributed by atoms with E-state index < -0.39 is 0 Å². The van der Waals surface area contributed by atoms with Crippen molar-refractivity contribution >= 4 is 29.2 Å². The predicted octanol–water partition coefficient (Wildman–Crippen LogP) is 3.39. The first kappa shape index (κ1) is 22.1. The SMILES string of the molecule is O=C(CSc1cc(N2CCN(c3ccccc3F)CC2)ncn1)NCCc1ccccc1. The first-order valence-electron chi connectivity index (χ1n) is 10.7. The number of para-hydroxylation sites is 1. The summed E-state index contributed by atoms with van der Waals surface area (Å²) in [6.45, 7) is 3.55. The molecule has 2 heterocycles. The maximum absolute atomic E-state index is 14.0. The summed E-state index contributed by atoms with van der Waals surface area (Å²) in [6.07, 6.45) is 2.35. The average Bonchev–Trinajstić information content (AvgIpc) is 2.84. The molecule has 1 fully saturated rings. The third-order valence-corrected chi connectivity index (χ3v) is 6.28. The number of carbonyl (C=O) groups excluding carboxylic acids is 1. The molecule has 0 aliphatic carbocycles. The Balaban J connectivity index is 1.24. The molecule has 0 spiro atoms. The number of nitrogens with zero attached hydrogens (tertiary/aromatic N) is 4. The molecule has 0 saturated carbocycles. The van der Waals surface area contributed by atoms with Gasteiger partial charge in [0.05, 0.1) is 11.4 Å². The minimum Gasteiger partial charge on any atom is -0.366 e. The van der Waals surface area contributed by atoms with E-state index in [1.165, 1.54) is 29.7 Å². The lowest BCUT2D eigenvalue weighted by Gasteiger charge is -2.36. The molecule has 32 heavy (non-hydrogen) atoms. The quantitative estimate of drug-likeness (QED) is 0.419. The molecule has 0 unspecified atom stereocenters. The van der Waals surface area contributed by atoms with Crippen LogP contribution in [0.25, 0.3) is 0 Å². The Bertz CT molecular complexity index is 1030. The van der Waals surface area contributed by atoms with Crippen LogP contribution in [0.15, 0.2) is 72.0 Å². The molecular formula is C24H26FN5OS. The van der Waals surface area contributed by atoms with Gasteiger partial charge in [-0.05, 0) is 24.1 Å². The molecule has 1 aliphatic heterocycles. The lowest BCUT2D eigenvalue weighted by Crippen LogP contribution is -2.47. The fourth-order valence-electron chi connectivity index (χ4n) is 3.65. The Kier molecular flexibility index (Phi) is 7.55. The Morgan fingerprint density at radius 1 is 0.969 bits per heavy atom. The van der Waals surface area contributed by atoms with Gasteiger partial charge in [-0.1, -0.05) is 54.2 Å². The van der Waals surface area contributed by atoms with Gasteiger partial charge in [0.25, 0.3) is 0 Å². The zero-order valence-electron chi connectivity index (χ0n) is 17.8. The number of nitrogens with one attached hydrogen (secondary N) is 1. The molecule has 1 aliphatic rings. The fourth-order valence-corrected chi connectivity index (χ4v) is 4.34. The van der Waals surface area contributed by atoms with Crippen molar-refractivity contribution in [2.24, 2.45) is 0 Å². The number of piperazine rings is 1. The van der Waals surface area contributed by atoms with Crippen molar-refractivity contribution in [3.8, 4) is 0 Å². The highest BCUT2D eigenvalue weighted by Crippen LogP contribution is 2.24. The minimum absolute atomic E-state index is 0.00963. The number of anilines is 2. The minimum atomic E-state index is -0.191. The maximum Gasteiger partial charge on any atom is 0.230 e. The Morgan fingerprint density at radius 3 is 2.47 bits per heavy atom. The summed E-state index contributed by atoms with van der Waals surface area (Å²) in [6, 6.07) is 18.9. The number of rotatable bonds is 8. The van der Waals surface area contributed by atoms with E-state index in [1.54, 1.807) is 6.07 Å². The first-order valence-corrected chi connectivity index (χ1v) is 11.7. The van der Waals surface area contributed by atoms with E-state index in [0.29, 0.717) is 18.0 Å². The van der Waals surface area contributed by atoms with Gasteiger partial charge in [-0.25, -0.2) is 14.4 Å². The van der Waals surface area contributed by atoms with Crippen LogP contribution in [-0.2, 0) is 11.2 Å². The van der Waals surface area contributed by atoms with Crippen LogP contribution < -0.4 is 15.1 Å². The third kappa shape index (κ3) is 5.97. The third-order valence-electron chi connectivity index (χ3n) is 5.35. The van der Waals surface area contributed by atoms with Crippen LogP contribution in [0.1, 0.15) is 5.56 Å². The number of thioether (sulfide) groups is 1. The molecule has 0 atom stereocenters. The fraction of sp³-hybridized carbons (Fsp3) is 0.292. The number of hydrogen-bond donors (Lipinski definition) is 1. The topological polar surface area (TPSA) is 61.4 Å². The highest BCUT2D eigenvalue weighted by Gasteiger charge is 2.20. The van der Waals surface area contributed by atoms with E-state index >= 15 is 0 Å². The van der Waals surface area contributed by atoms with Gasteiger partial charge >= 0.3 is 0 Å². The van der Waals surface area contributed by atoms with Gasteiger partial charge in [-0.15, -0.1) is 0 Å². The van der Waals surface area contributed by atoms with Crippen LogP contribution in [0.3, 0.4) is 0 Å². The smallest absolute Gasteiger partial charge is 0.230 e. The van der Waals surface area contributed by atoms with Crippen LogP contribution in [0.4, 0.5) is 15.9 Å². The largest absolute Gasteiger partial charge is 0.366 e. The van der Waals surface area contributed by atoms with Crippen LogP contribution in [0.2, 0.25) is 0 Å². The number of amides is 1. The van der Waals surface area contributed by atoms with Crippen molar-refractivity contribution in [3.63, 3.8) is 0 Å². The summed E-state index contributed by atoms with van der Waals surface area (Å²) >= 11 is 1.40. The molecule has 0 radical (unpaired) electrons. The van der Waals surface area contributed by atoms with Crippen molar-refractivity contribution < 1.29 is 9.18 Å². The summed E-state index contributed by atoms with van der Waals surface area (Å²) in [7, 11) is 0. The normalized spacial score (nSPS) is 13.8. The molecule has 4 rings (SSSR count). The Morgan fingerprint density at radius 2 is 1.69 bits per heavy atom. The van der Waals surface area contributed by atoms with Crippen LogP contribution in [0, 0.1) is 5.82 Å². The van der Waals surface area contributed by atoms with Crippen molar-refractivity contribution in [2.75, 3.05) is 48.3 Å². The molecule has 6 nitrogen and oxygen atoms in total. The van der Waals surface area contributed by atoms with Gasteiger partial charge in [0, 0.05) is 38.8 Å². The molecular weight excluding hydrogens is 425 g/mol. The molecule has 166 valence electrons. The summed E-state index contributed by atoms with van der Waals surface area (Å²) in [4.78, 5) is 25.1. The van der Waals surface area contributed by atoms with Gasteiger partial charge in [0.2, 0.25) is 5.91 Å². The van der Waals surface area contributed by atoms with Crippen molar-refractivity contribution in [1.29, 1.82) is 0 Å². The number of carbonyl (C=O) groups is 1. The lowest BCUT2D eigenvalue weighted by atomic mass is 10.1. The lowest BCUT2D eigenvalue weighted by molar-refractivity contribution is -0.118. The molecule has 0 bridgehead atoms.